The highest BCUT2D eigenvalue weighted by molar-refractivity contribution is 5.81. The molecule has 1 aliphatic heterocycles. The first kappa shape index (κ1) is 15.5. The van der Waals surface area contributed by atoms with Crippen LogP contribution in [0.25, 0.3) is 0 Å². The van der Waals surface area contributed by atoms with Crippen LogP contribution in [0, 0.1) is 0 Å². The number of benzene rings is 1. The maximum absolute atomic E-state index is 12.3. The minimum absolute atomic E-state index is 0.0142. The van der Waals surface area contributed by atoms with Crippen molar-refractivity contribution in [2.45, 2.75) is 38.3 Å². The Kier molecular flexibility index (Phi) is 4.96. The number of ether oxygens (including phenoxy) is 1. The van der Waals surface area contributed by atoms with E-state index in [2.05, 4.69) is 0 Å². The van der Waals surface area contributed by atoms with Crippen molar-refractivity contribution < 1.29 is 19.4 Å². The van der Waals surface area contributed by atoms with E-state index in [1.807, 2.05) is 31.2 Å². The Balaban J connectivity index is 2.10. The zero-order valence-corrected chi connectivity index (χ0v) is 12.4. The molecular weight excluding hydrogens is 270 g/mol. The molecule has 1 heterocycles. The summed E-state index contributed by atoms with van der Waals surface area (Å²) in [5.41, 5.74) is 1.74. The molecule has 1 aromatic carbocycles. The summed E-state index contributed by atoms with van der Waals surface area (Å²) < 4.78 is 5.14. The number of methoxy groups -OCH3 is 1. The monoisotopic (exact) mass is 291 g/mol. The smallest absolute Gasteiger partial charge is 0.312 e. The third-order valence-corrected chi connectivity index (χ3v) is 4.01. The zero-order chi connectivity index (χ0) is 15.4. The van der Waals surface area contributed by atoms with Crippen LogP contribution in [0.4, 0.5) is 0 Å². The minimum atomic E-state index is -0.884. The Morgan fingerprint density at radius 2 is 2.14 bits per heavy atom. The summed E-state index contributed by atoms with van der Waals surface area (Å²) in [6.45, 7) is 2.64. The van der Waals surface area contributed by atoms with Crippen molar-refractivity contribution >= 4 is 11.9 Å². The van der Waals surface area contributed by atoms with Gasteiger partial charge in [-0.1, -0.05) is 24.3 Å². The molecule has 2 unspecified atom stereocenters. The molecule has 114 valence electrons. The summed E-state index contributed by atoms with van der Waals surface area (Å²) in [5, 5.41) is 9.38. The number of nitrogens with zero attached hydrogens (tertiary/aromatic N) is 1. The van der Waals surface area contributed by atoms with Crippen LogP contribution < -0.4 is 0 Å². The highest BCUT2D eigenvalue weighted by Crippen LogP contribution is 2.29. The average Bonchev–Trinajstić information content (AvgIpc) is 2.50. The Morgan fingerprint density at radius 3 is 2.81 bits per heavy atom. The number of carbonyl (C=O) groups excluding carboxylic acids is 1. The van der Waals surface area contributed by atoms with Gasteiger partial charge in [0.2, 0.25) is 5.91 Å². The summed E-state index contributed by atoms with van der Waals surface area (Å²) >= 11 is 0. The van der Waals surface area contributed by atoms with Gasteiger partial charge in [-0.2, -0.15) is 0 Å². The largest absolute Gasteiger partial charge is 0.481 e. The van der Waals surface area contributed by atoms with Gasteiger partial charge in [-0.3, -0.25) is 9.59 Å². The Morgan fingerprint density at radius 1 is 1.43 bits per heavy atom. The quantitative estimate of drug-likeness (QED) is 0.901. The summed E-state index contributed by atoms with van der Waals surface area (Å²) in [6, 6.07) is 7.44. The van der Waals surface area contributed by atoms with Gasteiger partial charge in [0.15, 0.2) is 0 Å². The van der Waals surface area contributed by atoms with Crippen molar-refractivity contribution in [3.63, 3.8) is 0 Å². The minimum Gasteiger partial charge on any atom is -0.481 e. The van der Waals surface area contributed by atoms with E-state index >= 15 is 0 Å². The van der Waals surface area contributed by atoms with E-state index in [-0.39, 0.29) is 18.6 Å². The van der Waals surface area contributed by atoms with E-state index in [4.69, 9.17) is 4.74 Å². The van der Waals surface area contributed by atoms with Gasteiger partial charge in [0.05, 0.1) is 12.0 Å². The average molecular weight is 291 g/mol. The van der Waals surface area contributed by atoms with Crippen LogP contribution >= 0.6 is 0 Å². The van der Waals surface area contributed by atoms with Crippen molar-refractivity contribution in [2.24, 2.45) is 0 Å². The number of carboxylic acid groups (broad SMARTS) is 1. The van der Waals surface area contributed by atoms with Gasteiger partial charge in [0.1, 0.15) is 0 Å². The maximum atomic E-state index is 12.3. The molecule has 0 spiro atoms. The fourth-order valence-electron chi connectivity index (χ4n) is 2.61. The molecule has 0 aromatic heterocycles. The van der Waals surface area contributed by atoms with E-state index in [1.54, 1.807) is 12.0 Å². The second-order valence-electron chi connectivity index (χ2n) is 5.45. The lowest BCUT2D eigenvalue weighted by molar-refractivity contribution is -0.141. The van der Waals surface area contributed by atoms with E-state index in [0.29, 0.717) is 19.4 Å². The number of carbonyl (C=O) groups is 2. The molecule has 0 bridgehead atoms. The number of rotatable bonds is 5. The lowest BCUT2D eigenvalue weighted by Gasteiger charge is -2.33. The standard InChI is InChI=1S/C16H21NO4/c1-11(21-2)7-8-15(18)17-9-12-5-3-4-6-13(12)14(10-17)16(19)20/h3-6,11,14H,7-10H2,1-2H3,(H,19,20). The first-order valence-corrected chi connectivity index (χ1v) is 7.14. The van der Waals surface area contributed by atoms with Gasteiger partial charge < -0.3 is 14.7 Å². The first-order valence-electron chi connectivity index (χ1n) is 7.14. The molecule has 0 aliphatic carbocycles. The van der Waals surface area contributed by atoms with Gasteiger partial charge in [-0.15, -0.1) is 0 Å². The number of fused-ring (bicyclic) bond motifs is 1. The highest BCUT2D eigenvalue weighted by atomic mass is 16.5. The molecule has 5 heteroatoms. The predicted octanol–water partition coefficient (Wildman–Crippen LogP) is 2.01. The van der Waals surface area contributed by atoms with Crippen LogP contribution in [-0.2, 0) is 20.9 Å². The number of hydrogen-bond acceptors (Lipinski definition) is 3. The fourth-order valence-corrected chi connectivity index (χ4v) is 2.61. The van der Waals surface area contributed by atoms with Crippen LogP contribution in [0.3, 0.4) is 0 Å². The summed E-state index contributed by atoms with van der Waals surface area (Å²) in [5.74, 6) is -1.54. The topological polar surface area (TPSA) is 66.8 Å². The van der Waals surface area contributed by atoms with Crippen LogP contribution in [0.2, 0.25) is 0 Å². The molecule has 1 N–H and O–H groups in total. The van der Waals surface area contributed by atoms with E-state index in [0.717, 1.165) is 11.1 Å². The SMILES string of the molecule is COC(C)CCC(=O)N1Cc2ccccc2C(C(=O)O)C1. The van der Waals surface area contributed by atoms with Gasteiger partial charge in [0.25, 0.3) is 0 Å². The normalized spacial score (nSPS) is 19.0. The van der Waals surface area contributed by atoms with E-state index in [1.165, 1.54) is 0 Å². The van der Waals surface area contributed by atoms with Crippen LogP contribution in [0.1, 0.15) is 36.8 Å². The number of amides is 1. The number of hydrogen-bond donors (Lipinski definition) is 1. The fraction of sp³-hybridized carbons (Fsp3) is 0.500. The summed E-state index contributed by atoms with van der Waals surface area (Å²) in [7, 11) is 1.62. The Labute approximate surface area is 124 Å². The molecule has 0 radical (unpaired) electrons. The molecule has 2 rings (SSSR count). The molecule has 5 nitrogen and oxygen atoms in total. The molecular formula is C16H21NO4. The number of aliphatic carboxylic acids is 1. The lowest BCUT2D eigenvalue weighted by Crippen LogP contribution is -2.40. The van der Waals surface area contributed by atoms with Crippen molar-refractivity contribution in [1.29, 1.82) is 0 Å². The Hall–Kier alpha value is -1.88. The van der Waals surface area contributed by atoms with Crippen molar-refractivity contribution in [3.8, 4) is 0 Å². The molecule has 1 aliphatic rings. The third-order valence-electron chi connectivity index (χ3n) is 4.01. The molecule has 0 saturated heterocycles. The molecule has 21 heavy (non-hydrogen) atoms. The summed E-state index contributed by atoms with van der Waals surface area (Å²) in [4.78, 5) is 25.4. The molecule has 0 saturated carbocycles. The van der Waals surface area contributed by atoms with Crippen LogP contribution in [0.15, 0.2) is 24.3 Å². The first-order chi connectivity index (χ1) is 10.0. The van der Waals surface area contributed by atoms with Gasteiger partial charge in [0, 0.05) is 26.6 Å². The van der Waals surface area contributed by atoms with Crippen LogP contribution in [-0.4, -0.2) is 41.6 Å². The van der Waals surface area contributed by atoms with Crippen LogP contribution in [0.5, 0.6) is 0 Å². The van der Waals surface area contributed by atoms with Gasteiger partial charge in [-0.25, -0.2) is 0 Å². The maximum Gasteiger partial charge on any atom is 0.312 e. The third kappa shape index (κ3) is 3.61. The predicted molar refractivity (Wildman–Crippen MR) is 77.9 cm³/mol. The van der Waals surface area contributed by atoms with Crippen molar-refractivity contribution in [3.05, 3.63) is 35.4 Å². The molecule has 1 amide bonds. The zero-order valence-electron chi connectivity index (χ0n) is 12.4. The van der Waals surface area contributed by atoms with E-state index in [9.17, 15) is 14.7 Å². The van der Waals surface area contributed by atoms with E-state index < -0.39 is 11.9 Å². The van der Waals surface area contributed by atoms with Gasteiger partial charge >= 0.3 is 5.97 Å². The van der Waals surface area contributed by atoms with Crippen molar-refractivity contribution in [1.82, 2.24) is 4.90 Å². The summed E-state index contributed by atoms with van der Waals surface area (Å²) in [6.07, 6.45) is 1.05. The lowest BCUT2D eigenvalue weighted by atomic mass is 9.89. The Bertz CT molecular complexity index is 529. The second kappa shape index (κ2) is 6.72. The van der Waals surface area contributed by atoms with Gasteiger partial charge in [-0.05, 0) is 24.5 Å². The number of carboxylic acids is 1. The molecule has 0 fully saturated rings. The van der Waals surface area contributed by atoms with Crippen molar-refractivity contribution in [2.75, 3.05) is 13.7 Å². The highest BCUT2D eigenvalue weighted by Gasteiger charge is 2.32. The second-order valence-corrected chi connectivity index (χ2v) is 5.45. The molecule has 1 aromatic rings. The molecule has 2 atom stereocenters.